The molecular weight excluding hydrogens is 526 g/mol. The molecule has 1 saturated heterocycles. The number of carbonyl (C=O) groups excluding carboxylic acids is 1. The molecule has 4 N–H and O–H groups in total. The molecule has 3 aromatic carbocycles. The molecule has 1 fully saturated rings. The van der Waals surface area contributed by atoms with E-state index >= 15 is 0 Å². The second kappa shape index (κ2) is 15.7. The second-order valence-electron chi connectivity index (χ2n) is 11.2. The molecule has 0 aromatic heterocycles. The van der Waals surface area contributed by atoms with E-state index in [1.165, 1.54) is 0 Å². The van der Waals surface area contributed by atoms with Gasteiger partial charge in [0.05, 0.1) is 12.1 Å². The van der Waals surface area contributed by atoms with Crippen molar-refractivity contribution in [3.05, 3.63) is 95.1 Å². The number of hydrogen-bond donors (Lipinski definition) is 4. The highest BCUT2D eigenvalue weighted by atomic mass is 16.3. The van der Waals surface area contributed by atoms with Crippen LogP contribution in [0.1, 0.15) is 40.9 Å². The molecule has 0 bridgehead atoms. The van der Waals surface area contributed by atoms with E-state index in [0.29, 0.717) is 37.4 Å². The molecule has 0 saturated carbocycles. The van der Waals surface area contributed by atoms with E-state index in [9.17, 15) is 15.0 Å². The Morgan fingerprint density at radius 2 is 1.62 bits per heavy atom. The summed E-state index contributed by atoms with van der Waals surface area (Å²) in [6.07, 6.45) is -0.284. The Labute approximate surface area is 251 Å². The number of phenolic OH excluding ortho intramolecular Hbond substituents is 1. The Balaban J connectivity index is 1.37. The Kier molecular flexibility index (Phi) is 11.8. The number of carbonyl (C=O) groups is 1. The number of likely N-dealkylation sites (N-methyl/N-ethyl adjacent to an activating group) is 1. The zero-order valence-electron chi connectivity index (χ0n) is 25.3. The number of nitrogens with one attached hydrogen (secondary N) is 2. The molecule has 3 aromatic rings. The van der Waals surface area contributed by atoms with Gasteiger partial charge in [-0.1, -0.05) is 50.2 Å². The predicted molar refractivity (Wildman–Crippen MR) is 170 cm³/mol. The lowest BCUT2D eigenvalue weighted by atomic mass is 10.00. The molecule has 1 aliphatic heterocycles. The molecule has 4 rings (SSSR count). The molecule has 42 heavy (non-hydrogen) atoms. The number of amides is 1. The van der Waals surface area contributed by atoms with Crippen molar-refractivity contribution in [2.24, 2.45) is 0 Å². The third-order valence-corrected chi connectivity index (χ3v) is 8.19. The maximum Gasteiger partial charge on any atom is 0.251 e. The first kappa shape index (κ1) is 31.5. The lowest BCUT2D eigenvalue weighted by molar-refractivity contribution is 0.0830. The van der Waals surface area contributed by atoms with Crippen LogP contribution in [0.4, 0.5) is 5.69 Å². The molecule has 1 aliphatic rings. The minimum Gasteiger partial charge on any atom is -0.508 e. The SMILES string of the molecule is CCN(CC)Cc1cc(CNC[C@@H](O)[C@H](Cc2ccccc2)NC(=O)c2ccc(N3CCN(C)CC3)cc2)ccc1O. The zero-order valence-corrected chi connectivity index (χ0v) is 25.3. The number of rotatable bonds is 14. The van der Waals surface area contributed by atoms with Crippen molar-refractivity contribution < 1.29 is 15.0 Å². The normalized spacial score (nSPS) is 15.5. The van der Waals surface area contributed by atoms with E-state index in [1.807, 2.05) is 66.7 Å². The molecule has 226 valence electrons. The molecule has 8 heteroatoms. The van der Waals surface area contributed by atoms with Gasteiger partial charge < -0.3 is 30.6 Å². The van der Waals surface area contributed by atoms with Crippen molar-refractivity contribution in [1.82, 2.24) is 20.4 Å². The van der Waals surface area contributed by atoms with Crippen molar-refractivity contribution >= 4 is 11.6 Å². The van der Waals surface area contributed by atoms with Gasteiger partial charge in [0.25, 0.3) is 5.91 Å². The number of nitrogens with zero attached hydrogens (tertiary/aromatic N) is 3. The highest BCUT2D eigenvalue weighted by Crippen LogP contribution is 2.21. The van der Waals surface area contributed by atoms with E-state index < -0.39 is 12.1 Å². The van der Waals surface area contributed by atoms with Gasteiger partial charge in [0, 0.05) is 62.6 Å². The van der Waals surface area contributed by atoms with Crippen molar-refractivity contribution in [1.29, 1.82) is 0 Å². The molecule has 0 radical (unpaired) electrons. The molecule has 1 heterocycles. The summed E-state index contributed by atoms with van der Waals surface area (Å²) in [5.74, 6) is 0.104. The first-order chi connectivity index (χ1) is 20.4. The zero-order chi connectivity index (χ0) is 29.9. The summed E-state index contributed by atoms with van der Waals surface area (Å²) >= 11 is 0. The van der Waals surface area contributed by atoms with Gasteiger partial charge in [-0.15, -0.1) is 0 Å². The van der Waals surface area contributed by atoms with Gasteiger partial charge in [-0.3, -0.25) is 9.69 Å². The van der Waals surface area contributed by atoms with Crippen LogP contribution in [0.3, 0.4) is 0 Å². The van der Waals surface area contributed by atoms with Gasteiger partial charge in [-0.05, 0) is 74.1 Å². The van der Waals surface area contributed by atoms with E-state index in [-0.39, 0.29) is 5.91 Å². The number of benzene rings is 3. The van der Waals surface area contributed by atoms with Crippen LogP contribution in [0.5, 0.6) is 5.75 Å². The van der Waals surface area contributed by atoms with Crippen LogP contribution in [-0.4, -0.2) is 90.9 Å². The fourth-order valence-corrected chi connectivity index (χ4v) is 5.36. The molecule has 2 atom stereocenters. The Morgan fingerprint density at radius 3 is 2.29 bits per heavy atom. The number of aliphatic hydroxyl groups is 1. The summed E-state index contributed by atoms with van der Waals surface area (Å²) in [4.78, 5) is 20.2. The Morgan fingerprint density at radius 1 is 0.929 bits per heavy atom. The van der Waals surface area contributed by atoms with Crippen molar-refractivity contribution in [2.45, 2.75) is 45.5 Å². The third kappa shape index (κ3) is 9.03. The lowest BCUT2D eigenvalue weighted by Gasteiger charge is -2.34. The molecule has 0 unspecified atom stereocenters. The van der Waals surface area contributed by atoms with Gasteiger partial charge in [0.1, 0.15) is 5.75 Å². The largest absolute Gasteiger partial charge is 0.508 e. The quantitative estimate of drug-likeness (QED) is 0.235. The van der Waals surface area contributed by atoms with Crippen molar-refractivity contribution in [3.63, 3.8) is 0 Å². The molecule has 1 amide bonds. The average molecular weight is 574 g/mol. The summed E-state index contributed by atoms with van der Waals surface area (Å²) < 4.78 is 0. The van der Waals surface area contributed by atoms with Gasteiger partial charge >= 0.3 is 0 Å². The van der Waals surface area contributed by atoms with E-state index in [2.05, 4.69) is 46.2 Å². The van der Waals surface area contributed by atoms with Crippen molar-refractivity contribution in [2.75, 3.05) is 57.8 Å². The minimum absolute atomic E-state index is 0.195. The first-order valence-corrected chi connectivity index (χ1v) is 15.2. The van der Waals surface area contributed by atoms with Gasteiger partial charge in [-0.25, -0.2) is 0 Å². The summed E-state index contributed by atoms with van der Waals surface area (Å²) in [5, 5.41) is 28.0. The summed E-state index contributed by atoms with van der Waals surface area (Å²) in [6.45, 7) is 11.6. The predicted octanol–water partition coefficient (Wildman–Crippen LogP) is 3.48. The highest BCUT2D eigenvalue weighted by Gasteiger charge is 2.23. The summed E-state index contributed by atoms with van der Waals surface area (Å²) in [5.41, 5.74) is 4.68. The highest BCUT2D eigenvalue weighted by molar-refractivity contribution is 5.94. The number of hydrogen-bond acceptors (Lipinski definition) is 7. The monoisotopic (exact) mass is 573 g/mol. The minimum atomic E-state index is -0.800. The van der Waals surface area contributed by atoms with Crippen LogP contribution in [-0.2, 0) is 19.5 Å². The maximum absolute atomic E-state index is 13.3. The van der Waals surface area contributed by atoms with Gasteiger partial charge in [-0.2, -0.15) is 0 Å². The first-order valence-electron chi connectivity index (χ1n) is 15.2. The lowest BCUT2D eigenvalue weighted by Crippen LogP contribution is -2.48. The fraction of sp³-hybridized carbons (Fsp3) is 0.441. The Bertz CT molecular complexity index is 1240. The average Bonchev–Trinajstić information content (AvgIpc) is 3.01. The molecule has 0 spiro atoms. The van der Waals surface area contributed by atoms with Crippen LogP contribution < -0.4 is 15.5 Å². The van der Waals surface area contributed by atoms with Crippen LogP contribution in [0.2, 0.25) is 0 Å². The van der Waals surface area contributed by atoms with E-state index in [1.54, 1.807) is 6.07 Å². The smallest absolute Gasteiger partial charge is 0.251 e. The summed E-state index contributed by atoms with van der Waals surface area (Å²) in [6, 6.07) is 22.9. The third-order valence-electron chi connectivity index (χ3n) is 8.19. The summed E-state index contributed by atoms with van der Waals surface area (Å²) in [7, 11) is 2.14. The number of phenols is 1. The number of aromatic hydroxyl groups is 1. The second-order valence-corrected chi connectivity index (χ2v) is 11.2. The molecule has 0 aliphatic carbocycles. The van der Waals surface area contributed by atoms with E-state index in [0.717, 1.165) is 61.6 Å². The van der Waals surface area contributed by atoms with Gasteiger partial charge in [0.15, 0.2) is 0 Å². The van der Waals surface area contributed by atoms with Crippen LogP contribution in [0, 0.1) is 0 Å². The topological polar surface area (TPSA) is 91.3 Å². The standard InChI is InChI=1S/C34H47N5O3/c1-4-38(5-2)25-29-21-27(11-16-32(29)40)23-35-24-33(41)31(22-26-9-7-6-8-10-26)36-34(42)28-12-14-30(15-13-28)39-19-17-37(3)18-20-39/h6-16,21,31,33,35,40-41H,4-5,17-20,22-25H2,1-3H3,(H,36,42)/t31-,33+/m0/s1. The van der Waals surface area contributed by atoms with Crippen molar-refractivity contribution in [3.8, 4) is 5.75 Å². The number of aliphatic hydroxyl groups excluding tert-OH is 1. The maximum atomic E-state index is 13.3. The Hall–Kier alpha value is -3.43. The van der Waals surface area contributed by atoms with Crippen LogP contribution in [0.15, 0.2) is 72.8 Å². The van der Waals surface area contributed by atoms with Crippen LogP contribution in [0.25, 0.3) is 0 Å². The van der Waals surface area contributed by atoms with Crippen LogP contribution >= 0.6 is 0 Å². The molecule has 8 nitrogen and oxygen atoms in total. The number of piperazine rings is 1. The number of anilines is 1. The van der Waals surface area contributed by atoms with E-state index in [4.69, 9.17) is 0 Å². The van der Waals surface area contributed by atoms with Gasteiger partial charge in [0.2, 0.25) is 0 Å². The molecular formula is C34H47N5O3. The fourth-order valence-electron chi connectivity index (χ4n) is 5.36.